The Labute approximate surface area is 85.3 Å². The zero-order valence-electron chi connectivity index (χ0n) is 8.30. The van der Waals surface area contributed by atoms with Gasteiger partial charge >= 0.3 is 6.36 Å². The number of hydrogen-bond donors (Lipinski definition) is 1. The van der Waals surface area contributed by atoms with Gasteiger partial charge in [-0.2, -0.15) is 0 Å². The lowest BCUT2D eigenvalue weighted by Crippen LogP contribution is -2.18. The first kappa shape index (κ1) is 11.7. The minimum atomic E-state index is -4.79. The van der Waals surface area contributed by atoms with E-state index in [2.05, 4.69) is 4.74 Å². The van der Waals surface area contributed by atoms with Crippen LogP contribution in [0.25, 0.3) is 0 Å². The second kappa shape index (κ2) is 4.00. The Hall–Kier alpha value is -1.39. The molecule has 1 aromatic carbocycles. The molecular formula is C10H11F3O2. The molecule has 0 aliphatic rings. The fourth-order valence-electron chi connectivity index (χ4n) is 1.22. The van der Waals surface area contributed by atoms with Gasteiger partial charge in [-0.3, -0.25) is 0 Å². The first-order valence-corrected chi connectivity index (χ1v) is 4.39. The average molecular weight is 220 g/mol. The van der Waals surface area contributed by atoms with Gasteiger partial charge in [0.05, 0.1) is 0 Å². The molecule has 0 aromatic heterocycles. The topological polar surface area (TPSA) is 29.5 Å². The summed E-state index contributed by atoms with van der Waals surface area (Å²) in [6, 6.07) is 4.13. The van der Waals surface area contributed by atoms with Crippen LogP contribution in [0.4, 0.5) is 13.2 Å². The third-order valence-electron chi connectivity index (χ3n) is 1.86. The zero-order valence-corrected chi connectivity index (χ0v) is 8.30. The second-order valence-electron chi connectivity index (χ2n) is 3.40. The van der Waals surface area contributed by atoms with Crippen molar-refractivity contribution in [3.8, 4) is 11.5 Å². The Bertz CT molecular complexity index is 345. The van der Waals surface area contributed by atoms with E-state index >= 15 is 0 Å². The van der Waals surface area contributed by atoms with E-state index in [1.807, 2.05) is 0 Å². The predicted molar refractivity (Wildman–Crippen MR) is 48.9 cm³/mol. The SMILES string of the molecule is CC(C)c1cccc(O)c1OC(F)(F)F. The average Bonchev–Trinajstić information content (AvgIpc) is 2.05. The molecule has 0 atom stereocenters. The number of halogens is 3. The van der Waals surface area contributed by atoms with Crippen molar-refractivity contribution in [3.63, 3.8) is 0 Å². The number of para-hydroxylation sites is 1. The lowest BCUT2D eigenvalue weighted by Gasteiger charge is -2.16. The number of hydrogen-bond acceptors (Lipinski definition) is 2. The monoisotopic (exact) mass is 220 g/mol. The number of alkyl halides is 3. The summed E-state index contributed by atoms with van der Waals surface area (Å²) in [6.07, 6.45) is -4.79. The summed E-state index contributed by atoms with van der Waals surface area (Å²) in [7, 11) is 0. The summed E-state index contributed by atoms with van der Waals surface area (Å²) in [5.41, 5.74) is 0.326. The summed E-state index contributed by atoms with van der Waals surface area (Å²) in [4.78, 5) is 0. The molecule has 1 rings (SSSR count). The number of phenols is 1. The van der Waals surface area contributed by atoms with Crippen LogP contribution in [-0.2, 0) is 0 Å². The standard InChI is InChI=1S/C10H11F3O2/c1-6(2)7-4-3-5-8(14)9(7)15-10(11,12)13/h3-6,14H,1-2H3. The molecular weight excluding hydrogens is 209 g/mol. The van der Waals surface area contributed by atoms with Crippen molar-refractivity contribution in [1.82, 2.24) is 0 Å². The molecule has 1 N–H and O–H groups in total. The first-order valence-electron chi connectivity index (χ1n) is 4.39. The van der Waals surface area contributed by atoms with Crippen LogP contribution in [0.3, 0.4) is 0 Å². The summed E-state index contributed by atoms with van der Waals surface area (Å²) >= 11 is 0. The summed E-state index contributed by atoms with van der Waals surface area (Å²) in [5.74, 6) is -1.17. The molecule has 0 unspecified atom stereocenters. The van der Waals surface area contributed by atoms with E-state index in [-0.39, 0.29) is 5.92 Å². The first-order chi connectivity index (χ1) is 6.81. The highest BCUT2D eigenvalue weighted by Gasteiger charge is 2.33. The number of phenolic OH excluding ortho intramolecular Hbond substituents is 1. The van der Waals surface area contributed by atoms with E-state index in [0.717, 1.165) is 6.07 Å². The third kappa shape index (κ3) is 3.04. The molecule has 0 bridgehead atoms. The molecule has 0 amide bonds. The van der Waals surface area contributed by atoms with Crippen LogP contribution in [0.5, 0.6) is 11.5 Å². The van der Waals surface area contributed by atoms with Crippen molar-refractivity contribution in [1.29, 1.82) is 0 Å². The molecule has 0 aliphatic carbocycles. The molecule has 15 heavy (non-hydrogen) atoms. The van der Waals surface area contributed by atoms with Crippen LogP contribution in [0.15, 0.2) is 18.2 Å². The Morgan fingerprint density at radius 2 is 1.87 bits per heavy atom. The number of rotatable bonds is 2. The molecule has 0 heterocycles. The normalized spacial score (nSPS) is 11.9. The maximum atomic E-state index is 12.0. The van der Waals surface area contributed by atoms with Crippen molar-refractivity contribution in [2.24, 2.45) is 0 Å². The van der Waals surface area contributed by atoms with Gasteiger partial charge in [-0.15, -0.1) is 13.2 Å². The van der Waals surface area contributed by atoms with E-state index in [1.165, 1.54) is 12.1 Å². The smallest absolute Gasteiger partial charge is 0.504 e. The summed E-state index contributed by atoms with van der Waals surface area (Å²) < 4.78 is 39.9. The van der Waals surface area contributed by atoms with Gasteiger partial charge in [0, 0.05) is 5.56 Å². The molecule has 5 heteroatoms. The minimum Gasteiger partial charge on any atom is -0.504 e. The van der Waals surface area contributed by atoms with E-state index in [0.29, 0.717) is 5.56 Å². The van der Waals surface area contributed by atoms with E-state index < -0.39 is 17.9 Å². The molecule has 0 saturated carbocycles. The molecule has 0 radical (unpaired) electrons. The fourth-order valence-corrected chi connectivity index (χ4v) is 1.22. The van der Waals surface area contributed by atoms with Crippen molar-refractivity contribution in [2.75, 3.05) is 0 Å². The molecule has 84 valence electrons. The van der Waals surface area contributed by atoms with Crippen LogP contribution in [0, 0.1) is 0 Å². The number of aromatic hydroxyl groups is 1. The molecule has 1 aromatic rings. The van der Waals surface area contributed by atoms with E-state index in [9.17, 15) is 18.3 Å². The zero-order chi connectivity index (χ0) is 11.6. The fraction of sp³-hybridized carbons (Fsp3) is 0.400. The van der Waals surface area contributed by atoms with Crippen LogP contribution in [0.2, 0.25) is 0 Å². The maximum Gasteiger partial charge on any atom is 0.573 e. The van der Waals surface area contributed by atoms with Gasteiger partial charge in [-0.1, -0.05) is 26.0 Å². The van der Waals surface area contributed by atoms with Crippen molar-refractivity contribution in [3.05, 3.63) is 23.8 Å². The predicted octanol–water partition coefficient (Wildman–Crippen LogP) is 3.41. The highest BCUT2D eigenvalue weighted by Crippen LogP contribution is 2.37. The van der Waals surface area contributed by atoms with Crippen LogP contribution in [-0.4, -0.2) is 11.5 Å². The quantitative estimate of drug-likeness (QED) is 0.827. The third-order valence-corrected chi connectivity index (χ3v) is 1.86. The van der Waals surface area contributed by atoms with Crippen LogP contribution >= 0.6 is 0 Å². The highest BCUT2D eigenvalue weighted by atomic mass is 19.4. The summed E-state index contributed by atoms with van der Waals surface area (Å²) in [5, 5.41) is 9.28. The molecule has 0 saturated heterocycles. The van der Waals surface area contributed by atoms with Gasteiger partial charge in [0.2, 0.25) is 0 Å². The highest BCUT2D eigenvalue weighted by molar-refractivity contribution is 5.47. The van der Waals surface area contributed by atoms with Gasteiger partial charge in [-0.25, -0.2) is 0 Å². The molecule has 2 nitrogen and oxygen atoms in total. The molecule has 0 spiro atoms. The van der Waals surface area contributed by atoms with Gasteiger partial charge in [0.15, 0.2) is 11.5 Å². The second-order valence-corrected chi connectivity index (χ2v) is 3.40. The summed E-state index contributed by atoms with van der Waals surface area (Å²) in [6.45, 7) is 3.44. The van der Waals surface area contributed by atoms with Gasteiger partial charge < -0.3 is 9.84 Å². The van der Waals surface area contributed by atoms with Crippen molar-refractivity contribution < 1.29 is 23.0 Å². The van der Waals surface area contributed by atoms with E-state index in [1.54, 1.807) is 13.8 Å². The largest absolute Gasteiger partial charge is 0.573 e. The van der Waals surface area contributed by atoms with Gasteiger partial charge in [0.25, 0.3) is 0 Å². The molecule has 0 aliphatic heterocycles. The van der Waals surface area contributed by atoms with Gasteiger partial charge in [-0.05, 0) is 12.0 Å². The molecule has 0 fully saturated rings. The Kier molecular flexibility index (Phi) is 3.12. The number of ether oxygens (including phenoxy) is 1. The van der Waals surface area contributed by atoms with Gasteiger partial charge in [0.1, 0.15) is 0 Å². The minimum absolute atomic E-state index is 0.158. The van der Waals surface area contributed by atoms with Crippen molar-refractivity contribution >= 4 is 0 Å². The lowest BCUT2D eigenvalue weighted by atomic mass is 10.0. The Balaban J connectivity index is 3.14. The van der Waals surface area contributed by atoms with Crippen LogP contribution in [0.1, 0.15) is 25.3 Å². The van der Waals surface area contributed by atoms with Crippen LogP contribution < -0.4 is 4.74 Å². The lowest BCUT2D eigenvalue weighted by molar-refractivity contribution is -0.275. The van der Waals surface area contributed by atoms with E-state index in [4.69, 9.17) is 0 Å². The number of benzene rings is 1. The van der Waals surface area contributed by atoms with Crippen molar-refractivity contribution in [2.45, 2.75) is 26.1 Å². The Morgan fingerprint density at radius 1 is 1.27 bits per heavy atom. The Morgan fingerprint density at radius 3 is 2.33 bits per heavy atom. The maximum absolute atomic E-state index is 12.0.